The fourth-order valence-corrected chi connectivity index (χ4v) is 5.26. The van der Waals surface area contributed by atoms with Crippen molar-refractivity contribution >= 4 is 52.4 Å². The van der Waals surface area contributed by atoms with Crippen molar-refractivity contribution in [2.75, 3.05) is 0 Å². The minimum atomic E-state index is -0.775. The molecule has 0 bridgehead atoms. The van der Waals surface area contributed by atoms with Gasteiger partial charge in [-0.25, -0.2) is 19.2 Å². The predicted octanol–water partition coefficient (Wildman–Crippen LogP) is 5.09. The van der Waals surface area contributed by atoms with Gasteiger partial charge in [-0.15, -0.1) is 0 Å². The van der Waals surface area contributed by atoms with E-state index in [4.69, 9.17) is 19.4 Å². The second-order valence-corrected chi connectivity index (χ2v) is 10.3. The zero-order chi connectivity index (χ0) is 34.3. The summed E-state index contributed by atoms with van der Waals surface area (Å²) in [5.74, 6) is -2.81. The van der Waals surface area contributed by atoms with Crippen molar-refractivity contribution in [3.8, 4) is 11.1 Å². The number of fused-ring (bicyclic) bond motifs is 3. The van der Waals surface area contributed by atoms with Gasteiger partial charge in [0.25, 0.3) is 5.69 Å². The maximum atomic E-state index is 12.6. The molecule has 0 unspecified atom stereocenters. The van der Waals surface area contributed by atoms with Gasteiger partial charge >= 0.3 is 23.9 Å². The largest absolute Gasteiger partial charge is 0.332 e. The first-order valence-electron chi connectivity index (χ1n) is 14.1. The number of rotatable bonds is 11. The summed E-state index contributed by atoms with van der Waals surface area (Å²) in [7, 11) is 0. The summed E-state index contributed by atoms with van der Waals surface area (Å²) in [6.07, 6.45) is 1.00. The van der Waals surface area contributed by atoms with E-state index in [9.17, 15) is 29.3 Å². The molecule has 0 aromatic heterocycles. The second kappa shape index (κ2) is 14.5. The summed E-state index contributed by atoms with van der Waals surface area (Å²) < 4.78 is 0. The Morgan fingerprint density at radius 1 is 0.674 bits per heavy atom. The van der Waals surface area contributed by atoms with E-state index in [0.717, 1.165) is 19.4 Å². The molecule has 0 heterocycles. The second-order valence-electron chi connectivity index (χ2n) is 10.3. The Balaban J connectivity index is 2.37. The minimum Gasteiger partial charge on any atom is -0.318 e. The fraction of sp³-hybridized carbons (Fsp3) is 0.355. The molecule has 3 rings (SSSR count). The Bertz CT molecular complexity index is 1730. The molecule has 2 aromatic rings. The van der Waals surface area contributed by atoms with E-state index in [0.29, 0.717) is 35.1 Å². The molecule has 0 saturated heterocycles. The summed E-state index contributed by atoms with van der Waals surface area (Å²) in [6, 6.07) is 8.12. The van der Waals surface area contributed by atoms with Crippen molar-refractivity contribution in [2.24, 2.45) is 20.6 Å². The number of nitrogens with zero attached hydrogens (tertiary/aromatic N) is 5. The van der Waals surface area contributed by atoms with Crippen molar-refractivity contribution in [2.45, 2.75) is 73.6 Å². The van der Waals surface area contributed by atoms with Crippen LogP contribution in [0.3, 0.4) is 0 Å². The van der Waals surface area contributed by atoms with Crippen LogP contribution in [0.2, 0.25) is 0 Å². The van der Waals surface area contributed by atoms with Crippen LogP contribution in [0, 0.1) is 10.1 Å². The van der Waals surface area contributed by atoms with E-state index in [2.05, 4.69) is 20.6 Å². The topological polar surface area (TPSA) is 198 Å². The van der Waals surface area contributed by atoms with Crippen LogP contribution >= 0.6 is 0 Å². The molecular weight excluding hydrogens is 602 g/mol. The van der Waals surface area contributed by atoms with E-state index in [1.54, 1.807) is 24.3 Å². The molecule has 1 aliphatic rings. The van der Waals surface area contributed by atoms with Gasteiger partial charge in [0.15, 0.2) is 0 Å². The van der Waals surface area contributed by atoms with Crippen LogP contribution in [0.25, 0.3) is 11.1 Å². The first-order valence-corrected chi connectivity index (χ1v) is 14.1. The molecule has 0 spiro atoms. The van der Waals surface area contributed by atoms with Crippen molar-refractivity contribution < 1.29 is 43.5 Å². The normalized spacial score (nSPS) is 14.2. The summed E-state index contributed by atoms with van der Waals surface area (Å²) >= 11 is 0. The molecule has 0 saturated carbocycles. The maximum absolute atomic E-state index is 12.6. The molecule has 0 fully saturated rings. The molecule has 46 heavy (non-hydrogen) atoms. The lowest BCUT2D eigenvalue weighted by atomic mass is 9.73. The highest BCUT2D eigenvalue weighted by Crippen LogP contribution is 2.56. The lowest BCUT2D eigenvalue weighted by molar-refractivity contribution is -0.384. The number of oxime groups is 4. The van der Waals surface area contributed by atoms with Gasteiger partial charge in [0, 0.05) is 50.3 Å². The highest BCUT2D eigenvalue weighted by atomic mass is 16.7. The third-order valence-electron chi connectivity index (χ3n) is 7.23. The lowest BCUT2D eigenvalue weighted by Crippen LogP contribution is -2.25. The van der Waals surface area contributed by atoms with E-state index >= 15 is 0 Å². The minimum absolute atomic E-state index is 0.0240. The van der Waals surface area contributed by atoms with Crippen LogP contribution in [0.4, 0.5) is 5.69 Å². The van der Waals surface area contributed by atoms with Gasteiger partial charge < -0.3 is 19.4 Å². The molecule has 0 radical (unpaired) electrons. The first-order chi connectivity index (χ1) is 21.7. The Morgan fingerprint density at radius 2 is 1.11 bits per heavy atom. The van der Waals surface area contributed by atoms with Crippen molar-refractivity contribution in [1.29, 1.82) is 0 Å². The average Bonchev–Trinajstić information content (AvgIpc) is 3.27. The molecule has 0 atom stereocenters. The zero-order valence-electron chi connectivity index (χ0n) is 26.6. The molecule has 0 N–H and O–H groups in total. The van der Waals surface area contributed by atoms with Crippen LogP contribution in [0.15, 0.2) is 51.0 Å². The first kappa shape index (κ1) is 34.9. The monoisotopic (exact) mass is 635 g/mol. The molecular formula is C31H33N5O10. The number of carbonyl (C=O) groups is 4. The summed E-state index contributed by atoms with van der Waals surface area (Å²) in [5, 5.41) is 27.9. The van der Waals surface area contributed by atoms with Crippen LogP contribution in [-0.2, 0) is 43.9 Å². The van der Waals surface area contributed by atoms with Gasteiger partial charge in [-0.2, -0.15) is 0 Å². The Kier molecular flexibility index (Phi) is 11.0. The van der Waals surface area contributed by atoms with Gasteiger partial charge in [0.05, 0.1) is 10.5 Å². The molecule has 2 aromatic carbocycles. The SMILES string of the molecule is CCC1(CC)c2cc(C(=N/OC(C)=O)/C(C)=N/OC(C)=O)ccc2-c2c([N+](=O)[O-])cc(C(=N/OC(C)=O)/C(C)=N/OC(C)=O)cc21. The number of hydrogen-bond acceptors (Lipinski definition) is 14. The maximum Gasteiger partial charge on any atom is 0.332 e. The van der Waals surface area contributed by atoms with Crippen molar-refractivity contribution in [3.05, 3.63) is 62.7 Å². The quantitative estimate of drug-likeness (QED) is 0.139. The van der Waals surface area contributed by atoms with E-state index in [1.807, 2.05) is 13.8 Å². The number of carbonyl (C=O) groups excluding carboxylic acids is 4. The lowest BCUT2D eigenvalue weighted by Gasteiger charge is -2.30. The fourth-order valence-electron chi connectivity index (χ4n) is 5.26. The van der Waals surface area contributed by atoms with E-state index in [-0.39, 0.29) is 34.1 Å². The van der Waals surface area contributed by atoms with Crippen LogP contribution in [0.1, 0.15) is 90.5 Å². The summed E-state index contributed by atoms with van der Waals surface area (Å²) in [6.45, 7) is 11.5. The third-order valence-corrected chi connectivity index (χ3v) is 7.23. The van der Waals surface area contributed by atoms with Crippen LogP contribution < -0.4 is 0 Å². The van der Waals surface area contributed by atoms with Gasteiger partial charge in [0.1, 0.15) is 22.8 Å². The zero-order valence-corrected chi connectivity index (χ0v) is 26.6. The number of hydrogen-bond donors (Lipinski definition) is 0. The van der Waals surface area contributed by atoms with Crippen LogP contribution in [-0.4, -0.2) is 51.6 Å². The molecule has 15 heteroatoms. The standard InChI is InChI=1S/C31H33N5O10/c1-9-31(10-2)25-13-22(29(34-45-20(7)39)16(3)32-43-18(5)37)11-12-24(25)28-26(31)14-23(15-27(28)36(41)42)30(35-46-21(8)40)17(4)33-44-19(6)38/h11-15H,9-10H2,1-8H3/b32-16+,33-17+,34-29+,35-30+. The summed E-state index contributed by atoms with van der Waals surface area (Å²) in [4.78, 5) is 77.4. The Labute approximate surface area is 264 Å². The number of nitro groups is 1. The smallest absolute Gasteiger partial charge is 0.318 e. The molecule has 1 aliphatic carbocycles. The Hall–Kier alpha value is -5.60. The molecule has 0 amide bonds. The van der Waals surface area contributed by atoms with Crippen molar-refractivity contribution in [3.63, 3.8) is 0 Å². The Morgan fingerprint density at radius 3 is 1.54 bits per heavy atom. The van der Waals surface area contributed by atoms with Crippen LogP contribution in [0.5, 0.6) is 0 Å². The van der Waals surface area contributed by atoms with Gasteiger partial charge in [0.2, 0.25) is 0 Å². The predicted molar refractivity (Wildman–Crippen MR) is 166 cm³/mol. The number of benzene rings is 2. The van der Waals surface area contributed by atoms with Crippen molar-refractivity contribution in [1.82, 2.24) is 0 Å². The van der Waals surface area contributed by atoms with Gasteiger partial charge in [-0.1, -0.05) is 46.6 Å². The molecule has 0 aliphatic heterocycles. The van der Waals surface area contributed by atoms with Gasteiger partial charge in [-0.3, -0.25) is 10.1 Å². The molecule has 242 valence electrons. The third kappa shape index (κ3) is 7.36. The highest BCUT2D eigenvalue weighted by Gasteiger charge is 2.45. The highest BCUT2D eigenvalue weighted by molar-refractivity contribution is 6.48. The molecule has 15 nitrogen and oxygen atoms in total. The van der Waals surface area contributed by atoms with E-state index < -0.39 is 34.2 Å². The number of nitro benzene ring substituents is 1. The van der Waals surface area contributed by atoms with E-state index in [1.165, 1.54) is 33.8 Å². The average molecular weight is 636 g/mol. The summed E-state index contributed by atoms with van der Waals surface area (Å²) in [5.41, 5.74) is 2.10. The van der Waals surface area contributed by atoms with Gasteiger partial charge in [-0.05, 0) is 55.5 Å².